The lowest BCUT2D eigenvalue weighted by Gasteiger charge is -2.34. The monoisotopic (exact) mass is 437 g/mol. The number of nitrogens with one attached hydrogen (secondary N) is 2. The van der Waals surface area contributed by atoms with Gasteiger partial charge in [-0.3, -0.25) is 14.5 Å². The zero-order chi connectivity index (χ0) is 21.6. The molecule has 0 fully saturated rings. The summed E-state index contributed by atoms with van der Waals surface area (Å²) in [5, 5.41) is 5.92. The Bertz CT molecular complexity index is 1050. The molecule has 31 heavy (non-hydrogen) atoms. The Hall–Kier alpha value is -3.09. The number of benzene rings is 2. The molecule has 0 saturated heterocycles. The predicted molar refractivity (Wildman–Crippen MR) is 118 cm³/mol. The van der Waals surface area contributed by atoms with Gasteiger partial charge in [0.1, 0.15) is 5.76 Å². The zero-order valence-electron chi connectivity index (χ0n) is 17.0. The highest BCUT2D eigenvalue weighted by Gasteiger charge is 2.27. The first-order valence-corrected chi connectivity index (χ1v) is 10.6. The average Bonchev–Trinajstić information content (AvgIpc) is 3.33. The Labute approximate surface area is 186 Å². The van der Waals surface area contributed by atoms with Gasteiger partial charge in [0.25, 0.3) is 0 Å². The standard InChI is InChI=1S/C24H24ClN3O3/c25-20-9-4-3-7-18(20)14-26-23(29)24(30)27-15-21(22-10-5-13-31-22)28-12-11-17-6-1-2-8-19(17)16-28/h1-10,13,21H,11-12,14-16H2,(H,26,29)(H,27,30). The quantitative estimate of drug-likeness (QED) is 0.579. The molecule has 2 amide bonds. The van der Waals surface area contributed by atoms with Gasteiger partial charge in [-0.1, -0.05) is 54.1 Å². The van der Waals surface area contributed by atoms with Crippen molar-refractivity contribution in [2.24, 2.45) is 0 Å². The van der Waals surface area contributed by atoms with Crippen LogP contribution in [-0.2, 0) is 29.1 Å². The van der Waals surface area contributed by atoms with E-state index in [1.165, 1.54) is 11.1 Å². The summed E-state index contributed by atoms with van der Waals surface area (Å²) in [6.45, 7) is 2.07. The molecule has 1 unspecified atom stereocenters. The van der Waals surface area contributed by atoms with Gasteiger partial charge in [0.2, 0.25) is 0 Å². The molecular formula is C24H24ClN3O3. The van der Waals surface area contributed by atoms with Crippen LogP contribution in [0.2, 0.25) is 5.02 Å². The van der Waals surface area contributed by atoms with Crippen LogP contribution in [0.25, 0.3) is 0 Å². The van der Waals surface area contributed by atoms with Crippen molar-refractivity contribution in [2.75, 3.05) is 13.1 Å². The first kappa shape index (κ1) is 21.2. The summed E-state index contributed by atoms with van der Waals surface area (Å²) in [6, 6.07) is 19.1. The Balaban J connectivity index is 1.37. The van der Waals surface area contributed by atoms with Gasteiger partial charge >= 0.3 is 11.8 Å². The summed E-state index contributed by atoms with van der Waals surface area (Å²) in [5.74, 6) is -0.612. The maximum atomic E-state index is 12.4. The molecule has 1 aromatic heterocycles. The molecule has 7 heteroatoms. The fourth-order valence-electron chi connectivity index (χ4n) is 3.84. The van der Waals surface area contributed by atoms with Crippen molar-refractivity contribution in [2.45, 2.75) is 25.6 Å². The van der Waals surface area contributed by atoms with E-state index in [1.54, 1.807) is 12.3 Å². The maximum Gasteiger partial charge on any atom is 0.309 e. The van der Waals surface area contributed by atoms with E-state index >= 15 is 0 Å². The minimum Gasteiger partial charge on any atom is -0.468 e. The highest BCUT2D eigenvalue weighted by atomic mass is 35.5. The lowest BCUT2D eigenvalue weighted by Crippen LogP contribution is -2.45. The van der Waals surface area contributed by atoms with Crippen molar-refractivity contribution >= 4 is 23.4 Å². The normalized spacial score (nSPS) is 14.5. The smallest absolute Gasteiger partial charge is 0.309 e. The minimum atomic E-state index is -0.692. The fraction of sp³-hybridized carbons (Fsp3) is 0.250. The molecule has 0 radical (unpaired) electrons. The molecule has 1 atom stereocenters. The summed E-state index contributed by atoms with van der Waals surface area (Å²) >= 11 is 6.10. The second-order valence-electron chi connectivity index (χ2n) is 7.50. The van der Waals surface area contributed by atoms with E-state index in [0.29, 0.717) is 5.02 Å². The van der Waals surface area contributed by atoms with Crippen molar-refractivity contribution in [3.8, 4) is 0 Å². The molecule has 160 valence electrons. The van der Waals surface area contributed by atoms with E-state index in [-0.39, 0.29) is 19.1 Å². The molecule has 4 rings (SSSR count). The van der Waals surface area contributed by atoms with E-state index in [1.807, 2.05) is 36.4 Å². The minimum absolute atomic E-state index is 0.163. The molecule has 0 aliphatic carbocycles. The number of hydrogen-bond acceptors (Lipinski definition) is 4. The van der Waals surface area contributed by atoms with Gasteiger partial charge < -0.3 is 15.1 Å². The lowest BCUT2D eigenvalue weighted by molar-refractivity contribution is -0.139. The molecular weight excluding hydrogens is 414 g/mol. The molecule has 1 aliphatic heterocycles. The second-order valence-corrected chi connectivity index (χ2v) is 7.91. The number of halogens is 1. The van der Waals surface area contributed by atoms with Crippen LogP contribution in [0.15, 0.2) is 71.3 Å². The molecule has 0 bridgehead atoms. The summed E-state index contributed by atoms with van der Waals surface area (Å²) < 4.78 is 5.64. The highest BCUT2D eigenvalue weighted by molar-refractivity contribution is 6.35. The topological polar surface area (TPSA) is 74.6 Å². The fourth-order valence-corrected chi connectivity index (χ4v) is 4.04. The number of fused-ring (bicyclic) bond motifs is 1. The van der Waals surface area contributed by atoms with Crippen molar-refractivity contribution in [1.82, 2.24) is 15.5 Å². The van der Waals surface area contributed by atoms with E-state index < -0.39 is 11.8 Å². The molecule has 6 nitrogen and oxygen atoms in total. The maximum absolute atomic E-state index is 12.4. The summed E-state index contributed by atoms with van der Waals surface area (Å²) in [5.41, 5.74) is 3.37. The van der Waals surface area contributed by atoms with Crippen LogP contribution >= 0.6 is 11.6 Å². The second kappa shape index (κ2) is 9.81. The van der Waals surface area contributed by atoms with Crippen LogP contribution in [-0.4, -0.2) is 29.8 Å². The Kier molecular flexibility index (Phi) is 6.70. The number of rotatable bonds is 6. The summed E-state index contributed by atoms with van der Waals surface area (Å²) in [6.07, 6.45) is 2.55. The number of furan rings is 1. The molecule has 2 aromatic carbocycles. The van der Waals surface area contributed by atoms with Gasteiger partial charge in [-0.2, -0.15) is 0 Å². The third-order valence-electron chi connectivity index (χ3n) is 5.53. The number of carbonyl (C=O) groups is 2. The number of hydrogen-bond donors (Lipinski definition) is 2. The van der Waals surface area contributed by atoms with Crippen LogP contribution in [0.4, 0.5) is 0 Å². The third kappa shape index (κ3) is 5.16. The first-order chi connectivity index (χ1) is 15.1. The van der Waals surface area contributed by atoms with Gasteiger partial charge in [-0.15, -0.1) is 0 Å². The largest absolute Gasteiger partial charge is 0.468 e. The number of nitrogens with zero attached hydrogens (tertiary/aromatic N) is 1. The number of carbonyl (C=O) groups excluding carboxylic acids is 2. The van der Waals surface area contributed by atoms with Gasteiger partial charge in [0.15, 0.2) is 0 Å². The van der Waals surface area contributed by atoms with Crippen molar-refractivity contribution in [3.05, 3.63) is 94.4 Å². The third-order valence-corrected chi connectivity index (χ3v) is 5.90. The van der Waals surface area contributed by atoms with Crippen LogP contribution in [0.5, 0.6) is 0 Å². The van der Waals surface area contributed by atoms with Crippen LogP contribution in [0, 0.1) is 0 Å². The average molecular weight is 438 g/mol. The van der Waals surface area contributed by atoms with Crippen molar-refractivity contribution in [1.29, 1.82) is 0 Å². The van der Waals surface area contributed by atoms with E-state index in [4.69, 9.17) is 16.0 Å². The van der Waals surface area contributed by atoms with E-state index in [0.717, 1.165) is 30.8 Å². The lowest BCUT2D eigenvalue weighted by atomic mass is 9.98. The Morgan fingerprint density at radius 3 is 2.48 bits per heavy atom. The van der Waals surface area contributed by atoms with E-state index in [9.17, 15) is 9.59 Å². The van der Waals surface area contributed by atoms with Gasteiger partial charge in [0.05, 0.1) is 12.3 Å². The molecule has 0 spiro atoms. The summed E-state index contributed by atoms with van der Waals surface area (Å²) in [7, 11) is 0. The van der Waals surface area contributed by atoms with Crippen molar-refractivity contribution < 1.29 is 14.0 Å². The van der Waals surface area contributed by atoms with Gasteiger partial charge in [0, 0.05) is 31.2 Å². The van der Waals surface area contributed by atoms with Crippen LogP contribution in [0.3, 0.4) is 0 Å². The van der Waals surface area contributed by atoms with Gasteiger partial charge in [-0.25, -0.2) is 0 Å². The molecule has 0 saturated carbocycles. The SMILES string of the molecule is O=C(NCc1ccccc1Cl)C(=O)NCC(c1ccco1)N1CCc2ccccc2C1. The van der Waals surface area contributed by atoms with Crippen molar-refractivity contribution in [3.63, 3.8) is 0 Å². The van der Waals surface area contributed by atoms with E-state index in [2.05, 4.69) is 33.7 Å². The van der Waals surface area contributed by atoms with Gasteiger partial charge in [-0.05, 0) is 41.3 Å². The molecule has 2 heterocycles. The first-order valence-electron chi connectivity index (χ1n) is 10.3. The number of amides is 2. The molecule has 1 aliphatic rings. The van der Waals surface area contributed by atoms with Crippen LogP contribution in [0.1, 0.15) is 28.5 Å². The zero-order valence-corrected chi connectivity index (χ0v) is 17.8. The predicted octanol–water partition coefficient (Wildman–Crippen LogP) is 3.47. The Morgan fingerprint density at radius 1 is 0.968 bits per heavy atom. The highest BCUT2D eigenvalue weighted by Crippen LogP contribution is 2.27. The van der Waals surface area contributed by atoms with Crippen LogP contribution < -0.4 is 10.6 Å². The molecule has 3 aromatic rings. The Morgan fingerprint density at radius 2 is 1.71 bits per heavy atom. The molecule has 2 N–H and O–H groups in total. The summed E-state index contributed by atoms with van der Waals surface area (Å²) in [4.78, 5) is 26.9.